The molecular weight excluding hydrogens is 366 g/mol. The fourth-order valence-electron chi connectivity index (χ4n) is 3.16. The average Bonchev–Trinajstić information content (AvgIpc) is 2.73. The van der Waals surface area contributed by atoms with Crippen molar-refractivity contribution in [2.24, 2.45) is 0 Å². The molecule has 1 N–H and O–H groups in total. The van der Waals surface area contributed by atoms with Gasteiger partial charge in [-0.2, -0.15) is 0 Å². The first kappa shape index (κ1) is 17.8. The van der Waals surface area contributed by atoms with Crippen LogP contribution in [0.2, 0.25) is 0 Å². The third kappa shape index (κ3) is 3.13. The van der Waals surface area contributed by atoms with Gasteiger partial charge in [0.25, 0.3) is 5.91 Å². The Labute approximate surface area is 159 Å². The summed E-state index contributed by atoms with van der Waals surface area (Å²) in [5, 5.41) is 3.59. The zero-order valence-corrected chi connectivity index (χ0v) is 14.8. The van der Waals surface area contributed by atoms with Crippen LogP contribution in [-0.4, -0.2) is 29.0 Å². The van der Waals surface area contributed by atoms with Crippen molar-refractivity contribution >= 4 is 28.3 Å². The number of benzene rings is 2. The van der Waals surface area contributed by atoms with Crippen LogP contribution < -0.4 is 15.0 Å². The normalized spacial score (nSPS) is 13.0. The molecule has 4 rings (SSSR count). The molecule has 1 aliphatic heterocycles. The minimum Gasteiger partial charge on any atom is -0.489 e. The lowest BCUT2D eigenvalue weighted by Crippen LogP contribution is -2.36. The number of carbonyl (C=O) groups excluding carboxylic acids is 1. The Morgan fingerprint density at radius 1 is 1.29 bits per heavy atom. The number of amides is 1. The highest BCUT2D eigenvalue weighted by Gasteiger charge is 2.25. The molecule has 142 valence electrons. The molecule has 6 nitrogen and oxygen atoms in total. The Kier molecular flexibility index (Phi) is 4.60. The van der Waals surface area contributed by atoms with Gasteiger partial charge < -0.3 is 15.0 Å². The van der Waals surface area contributed by atoms with Gasteiger partial charge in [0, 0.05) is 12.1 Å². The first-order chi connectivity index (χ1) is 13.6. The summed E-state index contributed by atoms with van der Waals surface area (Å²) in [6, 6.07) is 6.77. The molecule has 0 unspecified atom stereocenters. The highest BCUT2D eigenvalue weighted by molar-refractivity contribution is 6.07. The highest BCUT2D eigenvalue weighted by atomic mass is 19.1. The second kappa shape index (κ2) is 7.22. The lowest BCUT2D eigenvalue weighted by atomic mass is 10.1. The predicted octanol–water partition coefficient (Wildman–Crippen LogP) is 3.43. The van der Waals surface area contributed by atoms with Gasteiger partial charge in [-0.25, -0.2) is 18.7 Å². The van der Waals surface area contributed by atoms with Crippen molar-refractivity contribution in [3.8, 4) is 5.75 Å². The van der Waals surface area contributed by atoms with Crippen molar-refractivity contribution in [2.45, 2.75) is 6.54 Å². The van der Waals surface area contributed by atoms with Crippen molar-refractivity contribution in [3.05, 3.63) is 66.5 Å². The molecule has 0 radical (unpaired) electrons. The molecule has 0 saturated carbocycles. The lowest BCUT2D eigenvalue weighted by Gasteiger charge is -2.29. The van der Waals surface area contributed by atoms with Gasteiger partial charge in [-0.3, -0.25) is 4.79 Å². The van der Waals surface area contributed by atoms with E-state index in [1.807, 2.05) is 0 Å². The number of fused-ring (bicyclic) bond motifs is 3. The summed E-state index contributed by atoms with van der Waals surface area (Å²) >= 11 is 0. The molecule has 0 atom stereocenters. The molecule has 1 amide bonds. The van der Waals surface area contributed by atoms with E-state index in [9.17, 15) is 13.6 Å². The number of nitrogens with zero attached hydrogens (tertiary/aromatic N) is 3. The fourth-order valence-corrected chi connectivity index (χ4v) is 3.16. The molecule has 8 heteroatoms. The van der Waals surface area contributed by atoms with Crippen molar-refractivity contribution in [3.63, 3.8) is 0 Å². The maximum Gasteiger partial charge on any atom is 0.250 e. The van der Waals surface area contributed by atoms with E-state index in [-0.39, 0.29) is 18.0 Å². The van der Waals surface area contributed by atoms with E-state index in [0.29, 0.717) is 41.3 Å². The van der Waals surface area contributed by atoms with Crippen LogP contribution in [0.1, 0.15) is 5.56 Å². The molecule has 0 saturated heterocycles. The molecule has 0 fully saturated rings. The van der Waals surface area contributed by atoms with Gasteiger partial charge in [0.2, 0.25) is 0 Å². The smallest absolute Gasteiger partial charge is 0.250 e. The van der Waals surface area contributed by atoms with Gasteiger partial charge in [0.05, 0.1) is 23.1 Å². The fraction of sp³-hybridized carbons (Fsp3) is 0.150. The van der Waals surface area contributed by atoms with E-state index in [1.165, 1.54) is 12.4 Å². The Hall–Kier alpha value is -3.55. The van der Waals surface area contributed by atoms with Gasteiger partial charge in [-0.1, -0.05) is 6.58 Å². The van der Waals surface area contributed by atoms with Crippen LogP contribution in [0, 0.1) is 11.6 Å². The molecule has 3 aromatic rings. The number of aromatic nitrogens is 2. The van der Waals surface area contributed by atoms with Gasteiger partial charge in [-0.05, 0) is 36.4 Å². The third-order valence-electron chi connectivity index (χ3n) is 4.48. The van der Waals surface area contributed by atoms with Crippen LogP contribution >= 0.6 is 0 Å². The predicted molar refractivity (Wildman–Crippen MR) is 101 cm³/mol. The highest BCUT2D eigenvalue weighted by Crippen LogP contribution is 2.40. The first-order valence-corrected chi connectivity index (χ1v) is 8.60. The van der Waals surface area contributed by atoms with Crippen LogP contribution in [0.5, 0.6) is 5.75 Å². The van der Waals surface area contributed by atoms with E-state index in [1.54, 1.807) is 17.0 Å². The summed E-state index contributed by atoms with van der Waals surface area (Å²) in [6.45, 7) is 4.26. The van der Waals surface area contributed by atoms with Crippen molar-refractivity contribution in [1.82, 2.24) is 9.97 Å². The Morgan fingerprint density at radius 2 is 2.14 bits per heavy atom. The molecule has 2 heterocycles. The van der Waals surface area contributed by atoms with E-state index >= 15 is 0 Å². The largest absolute Gasteiger partial charge is 0.489 e. The second-order valence-electron chi connectivity index (χ2n) is 6.16. The van der Waals surface area contributed by atoms with Crippen LogP contribution in [0.25, 0.3) is 10.9 Å². The number of nitrogens with one attached hydrogen (secondary N) is 1. The Morgan fingerprint density at radius 3 is 2.96 bits per heavy atom. The summed E-state index contributed by atoms with van der Waals surface area (Å²) < 4.78 is 33.2. The summed E-state index contributed by atoms with van der Waals surface area (Å²) in [5.41, 5.74) is 1.35. The molecule has 28 heavy (non-hydrogen) atoms. The zero-order chi connectivity index (χ0) is 19.7. The van der Waals surface area contributed by atoms with Crippen molar-refractivity contribution < 1.29 is 18.3 Å². The quantitative estimate of drug-likeness (QED) is 0.701. The zero-order valence-electron chi connectivity index (χ0n) is 14.8. The number of halogens is 2. The standard InChI is InChI=1S/C20H16F2N4O2/c1-2-17(27)26-7-8-28-19-16(26)6-5-15-18(19)20(25-11-24-15)23-10-12-9-13(21)3-4-14(12)22/h2-6,9,11H,1,7-8,10H2,(H,23,24,25). The van der Waals surface area contributed by atoms with Crippen LogP contribution in [0.15, 0.2) is 49.3 Å². The molecule has 1 aromatic heterocycles. The summed E-state index contributed by atoms with van der Waals surface area (Å²) in [5.74, 6) is -0.421. The second-order valence-corrected chi connectivity index (χ2v) is 6.16. The van der Waals surface area contributed by atoms with Gasteiger partial charge >= 0.3 is 0 Å². The lowest BCUT2D eigenvalue weighted by molar-refractivity contribution is -0.114. The summed E-state index contributed by atoms with van der Waals surface area (Å²) in [7, 11) is 0. The summed E-state index contributed by atoms with van der Waals surface area (Å²) in [6.07, 6.45) is 2.61. The van der Waals surface area contributed by atoms with E-state index in [4.69, 9.17) is 4.74 Å². The van der Waals surface area contributed by atoms with E-state index in [0.717, 1.165) is 18.2 Å². The van der Waals surface area contributed by atoms with Crippen LogP contribution in [0.4, 0.5) is 20.3 Å². The van der Waals surface area contributed by atoms with Crippen molar-refractivity contribution in [1.29, 1.82) is 0 Å². The first-order valence-electron chi connectivity index (χ1n) is 8.60. The maximum absolute atomic E-state index is 13.9. The van der Waals surface area contributed by atoms with Gasteiger partial charge in [0.1, 0.15) is 30.4 Å². The monoisotopic (exact) mass is 382 g/mol. The Balaban J connectivity index is 1.76. The van der Waals surface area contributed by atoms with Crippen LogP contribution in [0.3, 0.4) is 0 Å². The molecule has 0 spiro atoms. The van der Waals surface area contributed by atoms with E-state index in [2.05, 4.69) is 21.9 Å². The number of hydrogen-bond donors (Lipinski definition) is 1. The number of hydrogen-bond acceptors (Lipinski definition) is 5. The molecule has 2 aromatic carbocycles. The summed E-state index contributed by atoms with van der Waals surface area (Å²) in [4.78, 5) is 22.2. The average molecular weight is 382 g/mol. The van der Waals surface area contributed by atoms with Crippen molar-refractivity contribution in [2.75, 3.05) is 23.4 Å². The molecule has 0 bridgehead atoms. The van der Waals surface area contributed by atoms with Gasteiger partial charge in [-0.15, -0.1) is 0 Å². The third-order valence-corrected chi connectivity index (χ3v) is 4.48. The minimum absolute atomic E-state index is 0.0225. The van der Waals surface area contributed by atoms with E-state index < -0.39 is 11.6 Å². The molecular formula is C20H16F2N4O2. The topological polar surface area (TPSA) is 67.4 Å². The van der Waals surface area contributed by atoms with Gasteiger partial charge in [0.15, 0.2) is 5.75 Å². The number of rotatable bonds is 4. The Bertz CT molecular complexity index is 1090. The minimum atomic E-state index is -0.523. The molecule has 1 aliphatic rings. The SMILES string of the molecule is C=CC(=O)N1CCOc2c1ccc1ncnc(NCc3cc(F)ccc3F)c21. The van der Waals surface area contributed by atoms with Crippen LogP contribution in [-0.2, 0) is 11.3 Å². The maximum atomic E-state index is 13.9. The number of anilines is 2. The number of carbonyl (C=O) groups is 1. The number of ether oxygens (including phenoxy) is 1. The molecule has 0 aliphatic carbocycles.